The number of rotatable bonds is 6. The van der Waals surface area contributed by atoms with Crippen molar-refractivity contribution in [1.29, 1.82) is 0 Å². The van der Waals surface area contributed by atoms with Crippen molar-refractivity contribution in [2.45, 2.75) is 13.5 Å². The number of aryl methyl sites for hydroxylation is 1. The van der Waals surface area contributed by atoms with E-state index in [1.165, 1.54) is 18.9 Å². The molecule has 0 fully saturated rings. The summed E-state index contributed by atoms with van der Waals surface area (Å²) in [4.78, 5) is 16.2. The lowest BCUT2D eigenvalue weighted by Crippen LogP contribution is -2.08. The molecule has 3 rings (SSSR count). The molecular formula is C19H19N5O2. The van der Waals surface area contributed by atoms with E-state index < -0.39 is 5.97 Å². The standard InChI is InChI=1S/C19H19N5O2/c1-13-6-5-7-14(10-13)11-20-19-23-17(12-21-24-19)22-16-9-4-3-8-15(16)18(25)26-2/h3-10,12H,11H2,1-2H3,(H2,20,22,23,24). The molecule has 0 aliphatic rings. The molecule has 1 aromatic heterocycles. The van der Waals surface area contributed by atoms with E-state index in [1.807, 2.05) is 31.2 Å². The molecule has 0 unspecified atom stereocenters. The Morgan fingerprint density at radius 1 is 1.15 bits per heavy atom. The fourth-order valence-corrected chi connectivity index (χ4v) is 2.46. The number of ether oxygens (including phenoxy) is 1. The van der Waals surface area contributed by atoms with Crippen molar-refractivity contribution >= 4 is 23.4 Å². The van der Waals surface area contributed by atoms with Gasteiger partial charge in [-0.1, -0.05) is 42.0 Å². The summed E-state index contributed by atoms with van der Waals surface area (Å²) in [5.74, 6) is 0.447. The topological polar surface area (TPSA) is 89.0 Å². The molecule has 7 nitrogen and oxygen atoms in total. The quantitative estimate of drug-likeness (QED) is 0.660. The van der Waals surface area contributed by atoms with Crippen LogP contribution < -0.4 is 10.6 Å². The van der Waals surface area contributed by atoms with E-state index >= 15 is 0 Å². The number of esters is 1. The third-order valence-corrected chi connectivity index (χ3v) is 3.69. The molecule has 7 heteroatoms. The van der Waals surface area contributed by atoms with Crippen LogP contribution in [0.15, 0.2) is 54.7 Å². The van der Waals surface area contributed by atoms with Crippen molar-refractivity contribution < 1.29 is 9.53 Å². The highest BCUT2D eigenvalue weighted by molar-refractivity contribution is 5.96. The van der Waals surface area contributed by atoms with Gasteiger partial charge in [-0.15, -0.1) is 5.10 Å². The highest BCUT2D eigenvalue weighted by Gasteiger charge is 2.12. The molecule has 2 N–H and O–H groups in total. The van der Waals surface area contributed by atoms with E-state index in [2.05, 4.69) is 31.9 Å². The molecule has 0 saturated carbocycles. The first-order chi connectivity index (χ1) is 12.7. The lowest BCUT2D eigenvalue weighted by Gasteiger charge is -2.10. The van der Waals surface area contributed by atoms with Gasteiger partial charge in [-0.2, -0.15) is 10.1 Å². The van der Waals surface area contributed by atoms with Crippen molar-refractivity contribution in [2.24, 2.45) is 0 Å². The maximum Gasteiger partial charge on any atom is 0.339 e. The number of hydrogen-bond donors (Lipinski definition) is 2. The zero-order valence-corrected chi connectivity index (χ0v) is 14.6. The predicted molar refractivity (Wildman–Crippen MR) is 99.4 cm³/mol. The number of para-hydroxylation sites is 1. The average Bonchev–Trinajstić information content (AvgIpc) is 2.67. The summed E-state index contributed by atoms with van der Waals surface area (Å²) >= 11 is 0. The summed E-state index contributed by atoms with van der Waals surface area (Å²) in [5, 5.41) is 14.2. The Morgan fingerprint density at radius 3 is 2.81 bits per heavy atom. The Morgan fingerprint density at radius 2 is 2.00 bits per heavy atom. The normalized spacial score (nSPS) is 10.2. The summed E-state index contributed by atoms with van der Waals surface area (Å²) in [6.45, 7) is 2.64. The largest absolute Gasteiger partial charge is 0.465 e. The SMILES string of the molecule is COC(=O)c1ccccc1Nc1cnnc(NCc2cccc(C)c2)n1. The van der Waals surface area contributed by atoms with E-state index in [0.717, 1.165) is 5.56 Å². The Balaban J connectivity index is 1.73. The minimum Gasteiger partial charge on any atom is -0.465 e. The van der Waals surface area contributed by atoms with Crippen molar-refractivity contribution in [3.63, 3.8) is 0 Å². The van der Waals surface area contributed by atoms with Crippen LogP contribution in [0.4, 0.5) is 17.5 Å². The van der Waals surface area contributed by atoms with Crippen LogP contribution in [0.1, 0.15) is 21.5 Å². The van der Waals surface area contributed by atoms with Crippen molar-refractivity contribution in [3.8, 4) is 0 Å². The number of anilines is 3. The smallest absolute Gasteiger partial charge is 0.339 e. The number of hydrogen-bond acceptors (Lipinski definition) is 7. The monoisotopic (exact) mass is 349 g/mol. The molecule has 26 heavy (non-hydrogen) atoms. The molecular weight excluding hydrogens is 330 g/mol. The summed E-state index contributed by atoms with van der Waals surface area (Å²) in [6, 6.07) is 15.2. The van der Waals surface area contributed by atoms with Gasteiger partial charge in [0.2, 0.25) is 5.95 Å². The van der Waals surface area contributed by atoms with Crippen LogP contribution in [0.2, 0.25) is 0 Å². The first-order valence-corrected chi connectivity index (χ1v) is 8.09. The molecule has 0 spiro atoms. The zero-order chi connectivity index (χ0) is 18.4. The van der Waals surface area contributed by atoms with Crippen LogP contribution in [0.25, 0.3) is 0 Å². The summed E-state index contributed by atoms with van der Waals surface area (Å²) in [6.07, 6.45) is 1.49. The lowest BCUT2D eigenvalue weighted by atomic mass is 10.1. The highest BCUT2D eigenvalue weighted by atomic mass is 16.5. The van der Waals surface area contributed by atoms with E-state index in [9.17, 15) is 4.79 Å². The summed E-state index contributed by atoms with van der Waals surface area (Å²) < 4.78 is 4.80. The molecule has 0 amide bonds. The Labute approximate surface area is 151 Å². The van der Waals surface area contributed by atoms with Crippen LogP contribution >= 0.6 is 0 Å². The van der Waals surface area contributed by atoms with Crippen LogP contribution in [-0.4, -0.2) is 28.3 Å². The van der Waals surface area contributed by atoms with Gasteiger partial charge in [-0.3, -0.25) is 0 Å². The molecule has 3 aromatic rings. The van der Waals surface area contributed by atoms with Gasteiger partial charge < -0.3 is 15.4 Å². The first kappa shape index (κ1) is 17.3. The molecule has 0 atom stereocenters. The molecule has 0 bridgehead atoms. The Kier molecular flexibility index (Phi) is 5.38. The van der Waals surface area contributed by atoms with Gasteiger partial charge in [0.15, 0.2) is 5.82 Å². The van der Waals surface area contributed by atoms with E-state index in [0.29, 0.717) is 29.6 Å². The third kappa shape index (κ3) is 4.32. The lowest BCUT2D eigenvalue weighted by molar-refractivity contribution is 0.0602. The van der Waals surface area contributed by atoms with E-state index in [-0.39, 0.29) is 0 Å². The predicted octanol–water partition coefficient (Wildman–Crippen LogP) is 3.32. The third-order valence-electron chi connectivity index (χ3n) is 3.69. The van der Waals surface area contributed by atoms with Crippen LogP contribution in [0.3, 0.4) is 0 Å². The zero-order valence-electron chi connectivity index (χ0n) is 14.6. The number of nitrogens with one attached hydrogen (secondary N) is 2. The molecule has 0 aliphatic carbocycles. The molecule has 1 heterocycles. The van der Waals surface area contributed by atoms with Crippen LogP contribution in [0.5, 0.6) is 0 Å². The fourth-order valence-electron chi connectivity index (χ4n) is 2.46. The van der Waals surface area contributed by atoms with Crippen molar-refractivity contribution in [2.75, 3.05) is 17.7 Å². The van der Waals surface area contributed by atoms with Gasteiger partial charge in [-0.25, -0.2) is 4.79 Å². The molecule has 0 aliphatic heterocycles. The second-order valence-corrected chi connectivity index (χ2v) is 5.67. The van der Waals surface area contributed by atoms with Crippen molar-refractivity contribution in [3.05, 3.63) is 71.4 Å². The maximum absolute atomic E-state index is 11.9. The van der Waals surface area contributed by atoms with Gasteiger partial charge in [0.05, 0.1) is 24.6 Å². The van der Waals surface area contributed by atoms with Gasteiger partial charge in [-0.05, 0) is 24.6 Å². The van der Waals surface area contributed by atoms with E-state index in [1.54, 1.807) is 18.2 Å². The van der Waals surface area contributed by atoms with Crippen LogP contribution in [0, 0.1) is 6.92 Å². The van der Waals surface area contributed by atoms with E-state index in [4.69, 9.17) is 4.74 Å². The second kappa shape index (κ2) is 8.06. The first-order valence-electron chi connectivity index (χ1n) is 8.09. The average molecular weight is 349 g/mol. The van der Waals surface area contributed by atoms with Gasteiger partial charge in [0.1, 0.15) is 0 Å². The number of nitrogens with zero attached hydrogens (tertiary/aromatic N) is 3. The van der Waals surface area contributed by atoms with Gasteiger partial charge in [0, 0.05) is 6.54 Å². The highest BCUT2D eigenvalue weighted by Crippen LogP contribution is 2.20. The fraction of sp³-hybridized carbons (Fsp3) is 0.158. The number of carbonyl (C=O) groups is 1. The summed E-state index contributed by atoms with van der Waals surface area (Å²) in [7, 11) is 1.35. The molecule has 2 aromatic carbocycles. The van der Waals surface area contributed by atoms with Gasteiger partial charge >= 0.3 is 5.97 Å². The molecule has 0 radical (unpaired) electrons. The number of aromatic nitrogens is 3. The number of methoxy groups -OCH3 is 1. The second-order valence-electron chi connectivity index (χ2n) is 5.67. The number of benzene rings is 2. The maximum atomic E-state index is 11.9. The summed E-state index contributed by atoms with van der Waals surface area (Å²) in [5.41, 5.74) is 3.33. The molecule has 0 saturated heterocycles. The van der Waals surface area contributed by atoms with Crippen LogP contribution in [-0.2, 0) is 11.3 Å². The molecule has 132 valence electrons. The minimum absolute atomic E-state index is 0.395. The van der Waals surface area contributed by atoms with Crippen molar-refractivity contribution in [1.82, 2.24) is 15.2 Å². The Hall–Kier alpha value is -3.48. The number of carbonyl (C=O) groups excluding carboxylic acids is 1. The minimum atomic E-state index is -0.423. The Bertz CT molecular complexity index is 914. The van der Waals surface area contributed by atoms with Gasteiger partial charge in [0.25, 0.3) is 0 Å².